The van der Waals surface area contributed by atoms with Crippen molar-refractivity contribution in [3.8, 4) is 0 Å². The average Bonchev–Trinajstić information content (AvgIpc) is 3.09. The zero-order valence-corrected chi connectivity index (χ0v) is 14.8. The van der Waals surface area contributed by atoms with Crippen LogP contribution in [0.1, 0.15) is 82.8 Å². The minimum Gasteiger partial charge on any atom is -0.303 e. The summed E-state index contributed by atoms with van der Waals surface area (Å²) in [4.78, 5) is 5.04. The SMILES string of the molecule is CC(C)c1csc(C2(NC3CC3)CCCC(C(C)C)C2)n1. The van der Waals surface area contributed by atoms with Crippen molar-refractivity contribution < 1.29 is 0 Å². The molecule has 118 valence electrons. The van der Waals surface area contributed by atoms with Crippen molar-refractivity contribution >= 4 is 11.3 Å². The van der Waals surface area contributed by atoms with E-state index < -0.39 is 0 Å². The van der Waals surface area contributed by atoms with Crippen molar-refractivity contribution in [2.45, 2.75) is 83.7 Å². The highest BCUT2D eigenvalue weighted by Gasteiger charge is 2.44. The molecule has 2 saturated carbocycles. The maximum atomic E-state index is 5.04. The Kier molecular flexibility index (Phi) is 4.42. The maximum absolute atomic E-state index is 5.04. The van der Waals surface area contributed by atoms with Crippen LogP contribution in [0, 0.1) is 11.8 Å². The normalized spacial score (nSPS) is 30.3. The summed E-state index contributed by atoms with van der Waals surface area (Å²) >= 11 is 1.89. The summed E-state index contributed by atoms with van der Waals surface area (Å²) in [6.07, 6.45) is 8.02. The lowest BCUT2D eigenvalue weighted by molar-refractivity contribution is 0.145. The highest BCUT2D eigenvalue weighted by molar-refractivity contribution is 7.09. The molecule has 3 heteroatoms. The van der Waals surface area contributed by atoms with E-state index in [1.54, 1.807) is 0 Å². The van der Waals surface area contributed by atoms with Gasteiger partial charge >= 0.3 is 0 Å². The number of hydrogen-bond acceptors (Lipinski definition) is 3. The summed E-state index contributed by atoms with van der Waals surface area (Å²) in [6.45, 7) is 9.27. The van der Waals surface area contributed by atoms with Gasteiger partial charge in [-0.25, -0.2) is 4.98 Å². The molecule has 21 heavy (non-hydrogen) atoms. The van der Waals surface area contributed by atoms with Gasteiger partial charge in [0.15, 0.2) is 0 Å². The van der Waals surface area contributed by atoms with E-state index in [0.717, 1.165) is 17.9 Å². The molecule has 2 aliphatic carbocycles. The van der Waals surface area contributed by atoms with Crippen molar-refractivity contribution in [1.29, 1.82) is 0 Å². The highest BCUT2D eigenvalue weighted by Crippen LogP contribution is 2.45. The van der Waals surface area contributed by atoms with Crippen LogP contribution >= 0.6 is 11.3 Å². The zero-order valence-electron chi connectivity index (χ0n) is 14.0. The molecule has 0 spiro atoms. The van der Waals surface area contributed by atoms with Crippen molar-refractivity contribution in [3.63, 3.8) is 0 Å². The average molecular weight is 307 g/mol. The molecule has 2 fully saturated rings. The van der Waals surface area contributed by atoms with Gasteiger partial charge in [-0.2, -0.15) is 0 Å². The van der Waals surface area contributed by atoms with Gasteiger partial charge in [-0.05, 0) is 43.4 Å². The smallest absolute Gasteiger partial charge is 0.113 e. The van der Waals surface area contributed by atoms with Gasteiger partial charge in [-0.3, -0.25) is 0 Å². The van der Waals surface area contributed by atoms with Crippen molar-refractivity contribution in [2.24, 2.45) is 11.8 Å². The minimum absolute atomic E-state index is 0.173. The Balaban J connectivity index is 1.87. The lowest BCUT2D eigenvalue weighted by atomic mass is 9.72. The van der Waals surface area contributed by atoms with Crippen molar-refractivity contribution in [1.82, 2.24) is 10.3 Å². The second-order valence-electron chi connectivity index (χ2n) is 7.83. The summed E-state index contributed by atoms with van der Waals surface area (Å²) in [7, 11) is 0. The van der Waals surface area contributed by atoms with Gasteiger partial charge in [0.25, 0.3) is 0 Å². The van der Waals surface area contributed by atoms with Crippen molar-refractivity contribution in [3.05, 3.63) is 16.1 Å². The Hall–Kier alpha value is -0.410. The number of hydrogen-bond donors (Lipinski definition) is 1. The predicted molar refractivity (Wildman–Crippen MR) is 90.8 cm³/mol. The number of nitrogens with one attached hydrogen (secondary N) is 1. The van der Waals surface area contributed by atoms with E-state index >= 15 is 0 Å². The fraction of sp³-hybridized carbons (Fsp3) is 0.833. The molecular formula is C18H30N2S. The van der Waals surface area contributed by atoms with Crippen LogP contribution in [-0.2, 0) is 5.54 Å². The topological polar surface area (TPSA) is 24.9 Å². The lowest BCUT2D eigenvalue weighted by Gasteiger charge is -2.42. The molecular weight excluding hydrogens is 276 g/mol. The molecule has 0 bridgehead atoms. The van der Waals surface area contributed by atoms with Gasteiger partial charge in [0.05, 0.1) is 11.2 Å². The van der Waals surface area contributed by atoms with Crippen LogP contribution < -0.4 is 5.32 Å². The molecule has 1 N–H and O–H groups in total. The second-order valence-corrected chi connectivity index (χ2v) is 8.69. The lowest BCUT2D eigenvalue weighted by Crippen LogP contribution is -2.47. The van der Waals surface area contributed by atoms with Crippen LogP contribution in [0.2, 0.25) is 0 Å². The zero-order chi connectivity index (χ0) is 15.0. The molecule has 0 amide bonds. The van der Waals surface area contributed by atoms with Crippen LogP contribution in [0.5, 0.6) is 0 Å². The van der Waals surface area contributed by atoms with Crippen LogP contribution in [0.3, 0.4) is 0 Å². The van der Waals surface area contributed by atoms with E-state index in [4.69, 9.17) is 4.98 Å². The van der Waals surface area contributed by atoms with Crippen LogP contribution in [0.4, 0.5) is 0 Å². The van der Waals surface area contributed by atoms with Gasteiger partial charge in [0.2, 0.25) is 0 Å². The summed E-state index contributed by atoms with van der Waals surface area (Å²) in [5.74, 6) is 2.17. The van der Waals surface area contributed by atoms with E-state index in [-0.39, 0.29) is 5.54 Å². The van der Waals surface area contributed by atoms with Gasteiger partial charge in [-0.1, -0.05) is 40.5 Å². The summed E-state index contributed by atoms with van der Waals surface area (Å²) in [5.41, 5.74) is 1.45. The molecule has 2 nitrogen and oxygen atoms in total. The number of thiazole rings is 1. The van der Waals surface area contributed by atoms with Crippen LogP contribution in [0.15, 0.2) is 5.38 Å². The first-order valence-electron chi connectivity index (χ1n) is 8.74. The minimum atomic E-state index is 0.173. The Bertz CT molecular complexity index is 475. The molecule has 2 atom stereocenters. The molecule has 0 radical (unpaired) electrons. The standard InChI is InChI=1S/C18H30N2S/c1-12(2)14-6-5-9-18(10-14,20-15-7-8-15)17-19-16(11-21-17)13(3)4/h11-15,20H,5-10H2,1-4H3. The fourth-order valence-electron chi connectivity index (χ4n) is 3.66. The summed E-state index contributed by atoms with van der Waals surface area (Å²) in [5, 5.41) is 7.66. The largest absolute Gasteiger partial charge is 0.303 e. The van der Waals surface area contributed by atoms with Crippen molar-refractivity contribution in [2.75, 3.05) is 0 Å². The number of aromatic nitrogens is 1. The first kappa shape index (κ1) is 15.5. The van der Waals surface area contributed by atoms with Gasteiger partial charge in [-0.15, -0.1) is 11.3 Å². The molecule has 1 aromatic heterocycles. The van der Waals surface area contributed by atoms with Crippen LogP contribution in [0.25, 0.3) is 0 Å². The molecule has 1 aromatic rings. The molecule has 0 aromatic carbocycles. The monoisotopic (exact) mass is 306 g/mol. The Labute approximate surface area is 133 Å². The van der Waals surface area contributed by atoms with Crippen LogP contribution in [-0.4, -0.2) is 11.0 Å². The Morgan fingerprint density at radius 2 is 2.00 bits per heavy atom. The Morgan fingerprint density at radius 1 is 1.24 bits per heavy atom. The third kappa shape index (κ3) is 3.34. The summed E-state index contributed by atoms with van der Waals surface area (Å²) in [6, 6.07) is 0.752. The molecule has 3 rings (SSSR count). The molecule has 2 aliphatic rings. The maximum Gasteiger partial charge on any atom is 0.113 e. The Morgan fingerprint density at radius 3 is 2.57 bits per heavy atom. The molecule has 2 unspecified atom stereocenters. The predicted octanol–water partition coefficient (Wildman–Crippen LogP) is 5.06. The number of nitrogens with zero attached hydrogens (tertiary/aromatic N) is 1. The van der Waals surface area contributed by atoms with E-state index in [1.165, 1.54) is 49.2 Å². The quantitative estimate of drug-likeness (QED) is 0.822. The van der Waals surface area contributed by atoms with E-state index in [2.05, 4.69) is 38.4 Å². The van der Waals surface area contributed by atoms with E-state index in [9.17, 15) is 0 Å². The third-order valence-corrected chi connectivity index (χ3v) is 6.38. The van der Waals surface area contributed by atoms with Gasteiger partial charge < -0.3 is 5.32 Å². The number of rotatable bonds is 5. The first-order chi connectivity index (χ1) is 10.00. The molecule has 0 aliphatic heterocycles. The van der Waals surface area contributed by atoms with Gasteiger partial charge in [0, 0.05) is 11.4 Å². The fourth-order valence-corrected chi connectivity index (χ4v) is 4.85. The second kappa shape index (κ2) is 6.00. The van der Waals surface area contributed by atoms with E-state index in [1.807, 2.05) is 11.3 Å². The third-order valence-electron chi connectivity index (χ3n) is 5.31. The molecule has 1 heterocycles. The van der Waals surface area contributed by atoms with E-state index in [0.29, 0.717) is 5.92 Å². The first-order valence-corrected chi connectivity index (χ1v) is 9.62. The highest BCUT2D eigenvalue weighted by atomic mass is 32.1. The molecule has 0 saturated heterocycles. The summed E-state index contributed by atoms with van der Waals surface area (Å²) < 4.78 is 0. The van der Waals surface area contributed by atoms with Gasteiger partial charge in [0.1, 0.15) is 5.01 Å².